The molecule has 1 atom stereocenters. The van der Waals surface area contributed by atoms with Crippen LogP contribution in [-0.4, -0.2) is 6.67 Å². The van der Waals surface area contributed by atoms with E-state index >= 15 is 0 Å². The lowest BCUT2D eigenvalue weighted by Gasteiger charge is -2.00. The molecule has 0 aromatic carbocycles. The summed E-state index contributed by atoms with van der Waals surface area (Å²) in [5, 5.41) is 0. The van der Waals surface area contributed by atoms with Gasteiger partial charge in [-0.3, -0.25) is 0 Å². The van der Waals surface area contributed by atoms with Gasteiger partial charge in [-0.2, -0.15) is 0 Å². The van der Waals surface area contributed by atoms with E-state index in [-0.39, 0.29) is 0 Å². The number of furan rings is 1. The van der Waals surface area contributed by atoms with Gasteiger partial charge in [0.2, 0.25) is 0 Å². The molecule has 0 spiro atoms. The Kier molecular flexibility index (Phi) is 2.06. The fourth-order valence-corrected chi connectivity index (χ4v) is 0.729. The molecular weight excluding hydrogens is 133 g/mol. The van der Waals surface area contributed by atoms with E-state index in [9.17, 15) is 4.39 Å². The quantitative estimate of drug-likeness (QED) is 0.682. The van der Waals surface area contributed by atoms with Crippen LogP contribution in [0.3, 0.4) is 0 Å². The largest absolute Gasteiger partial charge is 0.465 e. The Morgan fingerprint density at radius 1 is 1.70 bits per heavy atom. The van der Waals surface area contributed by atoms with E-state index in [1.165, 1.54) is 0 Å². The SMILES string of the molecule is Cc1ccc(C(N)CF)o1. The standard InChI is InChI=1S/C7H10FNO/c1-5-2-3-7(10-5)6(9)4-8/h2-3,6H,4,9H2,1H3. The van der Waals surface area contributed by atoms with E-state index in [1.807, 2.05) is 0 Å². The fourth-order valence-electron chi connectivity index (χ4n) is 0.729. The topological polar surface area (TPSA) is 39.2 Å². The van der Waals surface area contributed by atoms with Gasteiger partial charge in [0.05, 0.1) is 6.04 Å². The summed E-state index contributed by atoms with van der Waals surface area (Å²) in [4.78, 5) is 0. The van der Waals surface area contributed by atoms with Gasteiger partial charge in [-0.1, -0.05) is 0 Å². The summed E-state index contributed by atoms with van der Waals surface area (Å²) in [5.41, 5.74) is 5.34. The lowest BCUT2D eigenvalue weighted by Crippen LogP contribution is -2.10. The first kappa shape index (κ1) is 7.28. The molecule has 0 aliphatic carbocycles. The maximum absolute atomic E-state index is 11.9. The minimum Gasteiger partial charge on any atom is -0.465 e. The maximum Gasteiger partial charge on any atom is 0.123 e. The van der Waals surface area contributed by atoms with E-state index in [1.54, 1.807) is 19.1 Å². The number of rotatable bonds is 2. The first-order valence-electron chi connectivity index (χ1n) is 3.12. The molecule has 2 N–H and O–H groups in total. The van der Waals surface area contributed by atoms with Crippen LogP contribution in [0, 0.1) is 6.92 Å². The summed E-state index contributed by atoms with van der Waals surface area (Å²) < 4.78 is 17.0. The van der Waals surface area contributed by atoms with Crippen LogP contribution in [0.15, 0.2) is 16.5 Å². The molecule has 0 radical (unpaired) electrons. The highest BCUT2D eigenvalue weighted by atomic mass is 19.1. The van der Waals surface area contributed by atoms with Gasteiger partial charge in [0, 0.05) is 0 Å². The third-order valence-corrected chi connectivity index (χ3v) is 1.29. The van der Waals surface area contributed by atoms with E-state index in [2.05, 4.69) is 0 Å². The summed E-state index contributed by atoms with van der Waals surface area (Å²) in [5.74, 6) is 1.28. The minimum atomic E-state index is -0.603. The lowest BCUT2D eigenvalue weighted by molar-refractivity contribution is 0.374. The molecular formula is C7H10FNO. The van der Waals surface area contributed by atoms with Gasteiger partial charge in [-0.05, 0) is 19.1 Å². The smallest absolute Gasteiger partial charge is 0.123 e. The Morgan fingerprint density at radius 3 is 2.80 bits per heavy atom. The number of halogens is 1. The molecule has 0 saturated carbocycles. The molecule has 56 valence electrons. The Morgan fingerprint density at radius 2 is 2.40 bits per heavy atom. The second kappa shape index (κ2) is 2.84. The van der Waals surface area contributed by atoms with E-state index in [4.69, 9.17) is 10.2 Å². The molecule has 0 aliphatic heterocycles. The summed E-state index contributed by atoms with van der Waals surface area (Å²) in [7, 11) is 0. The highest BCUT2D eigenvalue weighted by Gasteiger charge is 2.07. The zero-order chi connectivity index (χ0) is 7.56. The molecule has 3 heteroatoms. The van der Waals surface area contributed by atoms with Crippen LogP contribution in [0.1, 0.15) is 17.6 Å². The van der Waals surface area contributed by atoms with Crippen molar-refractivity contribution in [2.24, 2.45) is 5.73 Å². The number of aryl methyl sites for hydroxylation is 1. The van der Waals surface area contributed by atoms with Crippen LogP contribution < -0.4 is 5.73 Å². The van der Waals surface area contributed by atoms with Gasteiger partial charge in [-0.25, -0.2) is 4.39 Å². The maximum atomic E-state index is 11.9. The summed E-state index contributed by atoms with van der Waals surface area (Å²) in [6.45, 7) is 1.22. The van der Waals surface area contributed by atoms with E-state index in [0.29, 0.717) is 5.76 Å². The van der Waals surface area contributed by atoms with Crippen LogP contribution in [0.25, 0.3) is 0 Å². The lowest BCUT2D eigenvalue weighted by atomic mass is 10.3. The second-order valence-electron chi connectivity index (χ2n) is 2.21. The highest BCUT2D eigenvalue weighted by Crippen LogP contribution is 2.13. The zero-order valence-corrected chi connectivity index (χ0v) is 5.80. The van der Waals surface area contributed by atoms with Crippen LogP contribution in [-0.2, 0) is 0 Å². The van der Waals surface area contributed by atoms with Crippen molar-refractivity contribution in [3.05, 3.63) is 23.7 Å². The Hall–Kier alpha value is -0.830. The molecule has 2 nitrogen and oxygen atoms in total. The second-order valence-corrected chi connectivity index (χ2v) is 2.21. The van der Waals surface area contributed by atoms with Gasteiger partial charge >= 0.3 is 0 Å². The van der Waals surface area contributed by atoms with Gasteiger partial charge in [0.25, 0.3) is 0 Å². The molecule has 1 unspecified atom stereocenters. The van der Waals surface area contributed by atoms with Crippen molar-refractivity contribution in [1.29, 1.82) is 0 Å². The van der Waals surface area contributed by atoms with Gasteiger partial charge < -0.3 is 10.2 Å². The first-order valence-corrected chi connectivity index (χ1v) is 3.12. The van der Waals surface area contributed by atoms with Gasteiger partial charge in [0.1, 0.15) is 18.2 Å². The third-order valence-electron chi connectivity index (χ3n) is 1.29. The third kappa shape index (κ3) is 1.36. The van der Waals surface area contributed by atoms with Crippen LogP contribution >= 0.6 is 0 Å². The Balaban J connectivity index is 2.74. The van der Waals surface area contributed by atoms with Crippen molar-refractivity contribution in [3.8, 4) is 0 Å². The Labute approximate surface area is 58.8 Å². The monoisotopic (exact) mass is 143 g/mol. The molecule has 1 rings (SSSR count). The summed E-state index contributed by atoms with van der Waals surface area (Å²) >= 11 is 0. The molecule has 0 fully saturated rings. The van der Waals surface area contributed by atoms with Crippen molar-refractivity contribution in [2.45, 2.75) is 13.0 Å². The summed E-state index contributed by atoms with van der Waals surface area (Å²) in [6.07, 6.45) is 0. The number of nitrogens with two attached hydrogens (primary N) is 1. The number of hydrogen-bond acceptors (Lipinski definition) is 2. The van der Waals surface area contributed by atoms with Crippen molar-refractivity contribution < 1.29 is 8.81 Å². The predicted molar refractivity (Wildman–Crippen MR) is 36.3 cm³/mol. The molecule has 1 aromatic heterocycles. The highest BCUT2D eigenvalue weighted by molar-refractivity contribution is 5.08. The average Bonchev–Trinajstić information content (AvgIpc) is 2.34. The van der Waals surface area contributed by atoms with E-state index < -0.39 is 12.7 Å². The summed E-state index contributed by atoms with van der Waals surface area (Å²) in [6, 6.07) is 2.86. The normalized spacial score (nSPS) is 13.5. The van der Waals surface area contributed by atoms with Crippen molar-refractivity contribution >= 4 is 0 Å². The zero-order valence-electron chi connectivity index (χ0n) is 5.80. The van der Waals surface area contributed by atoms with Crippen molar-refractivity contribution in [3.63, 3.8) is 0 Å². The Bertz CT molecular complexity index is 209. The van der Waals surface area contributed by atoms with Gasteiger partial charge in [0.15, 0.2) is 0 Å². The number of hydrogen-bond donors (Lipinski definition) is 1. The fraction of sp³-hybridized carbons (Fsp3) is 0.429. The van der Waals surface area contributed by atoms with Crippen molar-refractivity contribution in [2.75, 3.05) is 6.67 Å². The molecule has 0 bridgehead atoms. The van der Waals surface area contributed by atoms with Crippen molar-refractivity contribution in [1.82, 2.24) is 0 Å². The molecule has 0 saturated heterocycles. The molecule has 10 heavy (non-hydrogen) atoms. The molecule has 0 amide bonds. The predicted octanol–water partition coefficient (Wildman–Crippen LogP) is 1.56. The molecule has 1 aromatic rings. The molecule has 0 aliphatic rings. The van der Waals surface area contributed by atoms with Gasteiger partial charge in [-0.15, -0.1) is 0 Å². The van der Waals surface area contributed by atoms with Crippen LogP contribution in [0.4, 0.5) is 4.39 Å². The molecule has 1 heterocycles. The average molecular weight is 143 g/mol. The van der Waals surface area contributed by atoms with Crippen LogP contribution in [0.2, 0.25) is 0 Å². The number of alkyl halides is 1. The van der Waals surface area contributed by atoms with E-state index in [0.717, 1.165) is 5.76 Å². The first-order chi connectivity index (χ1) is 4.74. The van der Waals surface area contributed by atoms with Crippen LogP contribution in [0.5, 0.6) is 0 Å². The minimum absolute atomic E-state index is 0.514.